The van der Waals surface area contributed by atoms with Gasteiger partial charge < -0.3 is 4.42 Å². The van der Waals surface area contributed by atoms with Crippen molar-refractivity contribution in [1.29, 1.82) is 0 Å². The largest absolute Gasteiger partial charge is 0.445 e. The van der Waals surface area contributed by atoms with Crippen LogP contribution in [0.5, 0.6) is 0 Å². The quantitative estimate of drug-likeness (QED) is 0.924. The van der Waals surface area contributed by atoms with Gasteiger partial charge in [0, 0.05) is 12.5 Å². The lowest BCUT2D eigenvalue weighted by atomic mass is 10.0. The molecule has 0 amide bonds. The van der Waals surface area contributed by atoms with Gasteiger partial charge in [0.25, 0.3) is 0 Å². The lowest BCUT2D eigenvalue weighted by molar-refractivity contribution is 0.424. The van der Waals surface area contributed by atoms with Crippen molar-refractivity contribution in [3.63, 3.8) is 0 Å². The first kappa shape index (κ1) is 15.8. The summed E-state index contributed by atoms with van der Waals surface area (Å²) >= 11 is 0. The number of aromatic nitrogens is 1. The smallest absolute Gasteiger partial charge is 0.240 e. The molecule has 1 fully saturated rings. The molecule has 1 aromatic carbocycles. The Labute approximate surface area is 142 Å². The molecule has 2 aromatic rings. The van der Waals surface area contributed by atoms with Gasteiger partial charge in [0.05, 0.1) is 16.5 Å². The van der Waals surface area contributed by atoms with E-state index in [4.69, 9.17) is 4.42 Å². The lowest BCUT2D eigenvalue weighted by Crippen LogP contribution is -2.29. The predicted molar refractivity (Wildman–Crippen MR) is 90.2 cm³/mol. The zero-order valence-electron chi connectivity index (χ0n) is 14.0. The molecule has 0 unspecified atom stereocenters. The summed E-state index contributed by atoms with van der Waals surface area (Å²) in [6, 6.07) is 8.29. The summed E-state index contributed by atoms with van der Waals surface area (Å²) in [6.45, 7) is 4.11. The molecular formula is C18H22N2O3S. The molecule has 24 heavy (non-hydrogen) atoms. The molecule has 0 bridgehead atoms. The molecule has 1 N–H and O–H groups in total. The van der Waals surface area contributed by atoms with Crippen LogP contribution >= 0.6 is 0 Å². The summed E-state index contributed by atoms with van der Waals surface area (Å²) in [6.07, 6.45) is 4.19. The highest BCUT2D eigenvalue weighted by molar-refractivity contribution is 7.89. The maximum Gasteiger partial charge on any atom is 0.240 e. The average molecular weight is 346 g/mol. The number of sulfonamides is 1. The number of oxazole rings is 1. The minimum atomic E-state index is -3.53. The first-order valence-corrected chi connectivity index (χ1v) is 9.94. The van der Waals surface area contributed by atoms with Crippen molar-refractivity contribution in [1.82, 2.24) is 9.71 Å². The van der Waals surface area contributed by atoms with E-state index in [1.807, 2.05) is 0 Å². The Morgan fingerprint density at radius 1 is 1.17 bits per heavy atom. The fourth-order valence-electron chi connectivity index (χ4n) is 3.66. The molecule has 2 aliphatic rings. The van der Waals surface area contributed by atoms with E-state index < -0.39 is 10.0 Å². The van der Waals surface area contributed by atoms with E-state index in [0.717, 1.165) is 37.1 Å². The van der Waals surface area contributed by atoms with Crippen molar-refractivity contribution in [3.05, 3.63) is 47.7 Å². The highest BCUT2D eigenvalue weighted by Gasteiger charge is 2.62. The number of hydrogen-bond acceptors (Lipinski definition) is 4. The zero-order chi connectivity index (χ0) is 16.9. The third-order valence-corrected chi connectivity index (χ3v) is 6.75. The highest BCUT2D eigenvalue weighted by atomic mass is 32.2. The van der Waals surface area contributed by atoms with E-state index in [1.165, 1.54) is 0 Å². The number of nitrogens with one attached hydrogen (secondary N) is 1. The van der Waals surface area contributed by atoms with E-state index >= 15 is 0 Å². The number of hydrogen-bond donors (Lipinski definition) is 1. The van der Waals surface area contributed by atoms with E-state index in [0.29, 0.717) is 5.89 Å². The van der Waals surface area contributed by atoms with Crippen LogP contribution < -0.4 is 4.72 Å². The van der Waals surface area contributed by atoms with Crippen LogP contribution in [-0.4, -0.2) is 19.4 Å². The SMILES string of the molecule is CC1(C)[C@H](c2nc3c(o2)CCCC3)[C@@H]1NS(=O)(=O)c1ccccc1. The van der Waals surface area contributed by atoms with Gasteiger partial charge in [-0.15, -0.1) is 0 Å². The summed E-state index contributed by atoms with van der Waals surface area (Å²) in [5, 5.41) is 0. The number of benzene rings is 1. The topological polar surface area (TPSA) is 72.2 Å². The highest BCUT2D eigenvalue weighted by Crippen LogP contribution is 2.59. The fraction of sp³-hybridized carbons (Fsp3) is 0.500. The molecule has 0 spiro atoms. The predicted octanol–water partition coefficient (Wildman–Crippen LogP) is 3.02. The molecule has 1 saturated carbocycles. The van der Waals surface area contributed by atoms with Crippen LogP contribution in [0, 0.1) is 5.41 Å². The van der Waals surface area contributed by atoms with Gasteiger partial charge in [-0.1, -0.05) is 32.0 Å². The minimum Gasteiger partial charge on any atom is -0.445 e. The van der Waals surface area contributed by atoms with E-state index in [9.17, 15) is 8.42 Å². The van der Waals surface area contributed by atoms with Crippen LogP contribution in [0.15, 0.2) is 39.6 Å². The lowest BCUT2D eigenvalue weighted by Gasteiger charge is -2.07. The van der Waals surface area contributed by atoms with Crippen molar-refractivity contribution in [2.75, 3.05) is 0 Å². The van der Waals surface area contributed by atoms with E-state index in [2.05, 4.69) is 23.6 Å². The second-order valence-corrected chi connectivity index (χ2v) is 9.05. The van der Waals surface area contributed by atoms with Crippen molar-refractivity contribution < 1.29 is 12.8 Å². The molecule has 1 heterocycles. The number of aryl methyl sites for hydroxylation is 2. The Morgan fingerprint density at radius 3 is 2.58 bits per heavy atom. The van der Waals surface area contributed by atoms with Crippen LogP contribution in [-0.2, 0) is 22.9 Å². The molecular weight excluding hydrogens is 324 g/mol. The van der Waals surface area contributed by atoms with E-state index in [-0.39, 0.29) is 22.3 Å². The molecule has 1 aromatic heterocycles. The van der Waals surface area contributed by atoms with Gasteiger partial charge in [-0.2, -0.15) is 0 Å². The molecule has 5 nitrogen and oxygen atoms in total. The van der Waals surface area contributed by atoms with Crippen LogP contribution in [0.2, 0.25) is 0 Å². The third-order valence-electron chi connectivity index (χ3n) is 5.29. The molecule has 2 aliphatic carbocycles. The second-order valence-electron chi connectivity index (χ2n) is 7.34. The summed E-state index contributed by atoms with van der Waals surface area (Å²) in [7, 11) is -3.53. The van der Waals surface area contributed by atoms with Crippen molar-refractivity contribution in [3.8, 4) is 0 Å². The third kappa shape index (κ3) is 2.58. The molecule has 0 radical (unpaired) electrons. The number of rotatable bonds is 4. The summed E-state index contributed by atoms with van der Waals surface area (Å²) in [5.41, 5.74) is 0.860. The van der Waals surface area contributed by atoms with Gasteiger partial charge in [0.15, 0.2) is 5.89 Å². The molecule has 0 saturated heterocycles. The van der Waals surface area contributed by atoms with Gasteiger partial charge in [0.2, 0.25) is 10.0 Å². The first-order chi connectivity index (χ1) is 11.4. The van der Waals surface area contributed by atoms with Gasteiger partial charge in [0.1, 0.15) is 5.76 Å². The summed E-state index contributed by atoms with van der Waals surface area (Å²) < 4.78 is 34.0. The van der Waals surface area contributed by atoms with Crippen molar-refractivity contribution in [2.45, 2.75) is 56.4 Å². The van der Waals surface area contributed by atoms with Crippen LogP contribution in [0.1, 0.15) is 50.0 Å². The Kier molecular flexibility index (Phi) is 3.58. The molecule has 2 atom stereocenters. The molecule has 6 heteroatoms. The molecule has 0 aliphatic heterocycles. The Bertz CT molecular complexity index is 832. The Hall–Kier alpha value is -1.66. The van der Waals surface area contributed by atoms with Crippen LogP contribution in [0.25, 0.3) is 0 Å². The van der Waals surface area contributed by atoms with Crippen molar-refractivity contribution in [2.24, 2.45) is 5.41 Å². The maximum absolute atomic E-state index is 12.6. The maximum atomic E-state index is 12.6. The first-order valence-electron chi connectivity index (χ1n) is 8.45. The van der Waals surface area contributed by atoms with Gasteiger partial charge in [-0.05, 0) is 36.8 Å². The standard InChI is InChI=1S/C18H22N2O3S/c1-18(2)15(17-19-13-10-6-7-11-14(13)23-17)16(18)20-24(21,22)12-8-4-3-5-9-12/h3-5,8-9,15-16,20H,6-7,10-11H2,1-2H3/t15-,16-/m0/s1. The molecule has 4 rings (SSSR count). The van der Waals surface area contributed by atoms with Gasteiger partial charge in [-0.25, -0.2) is 18.1 Å². The second kappa shape index (κ2) is 5.43. The van der Waals surface area contributed by atoms with Crippen LogP contribution in [0.4, 0.5) is 0 Å². The number of nitrogens with zero attached hydrogens (tertiary/aromatic N) is 1. The Morgan fingerprint density at radius 2 is 1.88 bits per heavy atom. The monoisotopic (exact) mass is 346 g/mol. The summed E-state index contributed by atoms with van der Waals surface area (Å²) in [5.74, 6) is 1.66. The minimum absolute atomic E-state index is 0.0124. The number of fused-ring (bicyclic) bond motifs is 1. The van der Waals surface area contributed by atoms with Gasteiger partial charge in [-0.3, -0.25) is 0 Å². The Balaban J connectivity index is 1.58. The van der Waals surface area contributed by atoms with E-state index in [1.54, 1.807) is 30.3 Å². The normalized spacial score (nSPS) is 25.2. The summed E-state index contributed by atoms with van der Waals surface area (Å²) in [4.78, 5) is 4.95. The molecule has 128 valence electrons. The zero-order valence-corrected chi connectivity index (χ0v) is 14.8. The van der Waals surface area contributed by atoms with Crippen LogP contribution in [0.3, 0.4) is 0 Å². The van der Waals surface area contributed by atoms with Crippen molar-refractivity contribution >= 4 is 10.0 Å². The average Bonchev–Trinajstić information content (AvgIpc) is 2.92. The van der Waals surface area contributed by atoms with Gasteiger partial charge >= 0.3 is 0 Å². The fourth-order valence-corrected chi connectivity index (χ4v) is 5.08.